The number of carbonyl (C=O) groups is 1. The zero-order valence-corrected chi connectivity index (χ0v) is 19.1. The van der Waals surface area contributed by atoms with Gasteiger partial charge in [0.1, 0.15) is 5.82 Å². The van der Waals surface area contributed by atoms with Gasteiger partial charge in [-0.1, -0.05) is 28.9 Å². The van der Waals surface area contributed by atoms with Crippen LogP contribution in [0.2, 0.25) is 0 Å². The number of rotatable bonds is 4. The van der Waals surface area contributed by atoms with Crippen LogP contribution >= 0.6 is 11.8 Å². The molecule has 2 saturated heterocycles. The van der Waals surface area contributed by atoms with Crippen LogP contribution in [0.25, 0.3) is 22.8 Å². The van der Waals surface area contributed by atoms with Crippen molar-refractivity contribution in [2.24, 2.45) is 5.92 Å². The fourth-order valence-corrected chi connectivity index (χ4v) is 5.33. The first kappa shape index (κ1) is 21.0. The summed E-state index contributed by atoms with van der Waals surface area (Å²) in [5.74, 6) is 4.42. The Morgan fingerprint density at radius 1 is 1.09 bits per heavy atom. The number of benzene rings is 1. The molecule has 5 rings (SSSR count). The van der Waals surface area contributed by atoms with Gasteiger partial charge in [0.15, 0.2) is 0 Å². The van der Waals surface area contributed by atoms with Crippen molar-refractivity contribution >= 4 is 23.5 Å². The molecule has 0 spiro atoms. The minimum Gasteiger partial charge on any atom is -0.356 e. The van der Waals surface area contributed by atoms with Crippen LogP contribution in [0.3, 0.4) is 0 Å². The minimum atomic E-state index is 0.109. The highest BCUT2D eigenvalue weighted by Gasteiger charge is 2.31. The van der Waals surface area contributed by atoms with Gasteiger partial charge in [0.05, 0.1) is 5.56 Å². The van der Waals surface area contributed by atoms with Crippen molar-refractivity contribution in [1.29, 1.82) is 0 Å². The van der Waals surface area contributed by atoms with Crippen molar-refractivity contribution in [3.05, 3.63) is 48.2 Å². The zero-order chi connectivity index (χ0) is 21.9. The smallest absolute Gasteiger partial charge is 0.261 e. The second-order valence-corrected chi connectivity index (χ2v) is 9.59. The van der Waals surface area contributed by atoms with Crippen LogP contribution in [-0.2, 0) is 4.79 Å². The number of thioether (sulfide) groups is 1. The van der Waals surface area contributed by atoms with Gasteiger partial charge in [-0.15, -0.1) is 0 Å². The number of carbonyl (C=O) groups excluding carboxylic acids is 1. The third-order valence-electron chi connectivity index (χ3n) is 6.19. The zero-order valence-electron chi connectivity index (χ0n) is 18.2. The lowest BCUT2D eigenvalue weighted by molar-refractivity contribution is -0.135. The van der Waals surface area contributed by atoms with Gasteiger partial charge in [-0.2, -0.15) is 16.7 Å². The largest absolute Gasteiger partial charge is 0.356 e. The van der Waals surface area contributed by atoms with Crippen molar-refractivity contribution in [2.45, 2.75) is 19.8 Å². The lowest BCUT2D eigenvalue weighted by Gasteiger charge is -2.36. The maximum atomic E-state index is 12.9. The average Bonchev–Trinajstić information content (AvgIpc) is 3.35. The number of pyridine rings is 1. The third kappa shape index (κ3) is 4.37. The number of nitrogens with zero attached hydrogens (tertiary/aromatic N) is 5. The SMILES string of the molecule is Cc1cccc(-c2noc(-c3cccnc3N3CCC(C(=O)N4CCSCC4)CC3)n2)c1. The van der Waals surface area contributed by atoms with Crippen molar-refractivity contribution < 1.29 is 9.32 Å². The van der Waals surface area contributed by atoms with Crippen LogP contribution in [0.5, 0.6) is 0 Å². The van der Waals surface area contributed by atoms with Crippen LogP contribution in [0.4, 0.5) is 5.82 Å². The van der Waals surface area contributed by atoms with Crippen molar-refractivity contribution in [3.63, 3.8) is 0 Å². The van der Waals surface area contributed by atoms with Gasteiger partial charge in [0.25, 0.3) is 5.89 Å². The van der Waals surface area contributed by atoms with Gasteiger partial charge in [-0.3, -0.25) is 4.79 Å². The summed E-state index contributed by atoms with van der Waals surface area (Å²) in [5.41, 5.74) is 2.91. The molecule has 4 heterocycles. The molecular weight excluding hydrogens is 422 g/mol. The molecule has 2 fully saturated rings. The predicted octanol–water partition coefficient (Wildman–Crippen LogP) is 3.90. The van der Waals surface area contributed by atoms with E-state index in [2.05, 4.69) is 20.0 Å². The number of piperidine rings is 1. The Labute approximate surface area is 192 Å². The molecule has 8 heteroatoms. The topological polar surface area (TPSA) is 75.4 Å². The van der Waals surface area contributed by atoms with E-state index < -0.39 is 0 Å². The summed E-state index contributed by atoms with van der Waals surface area (Å²) in [5, 5.41) is 4.19. The molecule has 0 unspecified atom stereocenters. The summed E-state index contributed by atoms with van der Waals surface area (Å²) in [6.07, 6.45) is 3.48. The molecule has 0 saturated carbocycles. The molecule has 2 aliphatic heterocycles. The second kappa shape index (κ2) is 9.32. The maximum Gasteiger partial charge on any atom is 0.261 e. The Balaban J connectivity index is 1.31. The molecule has 0 radical (unpaired) electrons. The molecule has 0 N–H and O–H groups in total. The summed E-state index contributed by atoms with van der Waals surface area (Å²) in [6, 6.07) is 11.9. The van der Waals surface area contributed by atoms with Gasteiger partial charge in [0, 0.05) is 55.4 Å². The van der Waals surface area contributed by atoms with Gasteiger partial charge >= 0.3 is 0 Å². The Morgan fingerprint density at radius 2 is 1.91 bits per heavy atom. The van der Waals surface area contributed by atoms with E-state index in [9.17, 15) is 4.79 Å². The molecule has 1 amide bonds. The molecule has 0 bridgehead atoms. The highest BCUT2D eigenvalue weighted by molar-refractivity contribution is 7.99. The Kier molecular flexibility index (Phi) is 6.12. The number of amides is 1. The standard InChI is InChI=1S/C24H27N5O2S/c1-17-4-2-5-19(16-17)21-26-23(31-27-21)20-6-3-9-25-22(20)28-10-7-18(8-11-28)24(30)29-12-14-32-15-13-29/h2-6,9,16,18H,7-8,10-15H2,1H3. The number of aryl methyl sites for hydroxylation is 1. The van der Waals surface area contributed by atoms with Crippen molar-refractivity contribution in [3.8, 4) is 22.8 Å². The third-order valence-corrected chi connectivity index (χ3v) is 7.13. The maximum absolute atomic E-state index is 12.9. The van der Waals surface area contributed by atoms with Crippen LogP contribution in [-0.4, -0.2) is 63.6 Å². The molecule has 2 aliphatic rings. The summed E-state index contributed by atoms with van der Waals surface area (Å²) < 4.78 is 5.62. The van der Waals surface area contributed by atoms with Crippen LogP contribution < -0.4 is 4.90 Å². The van der Waals surface area contributed by atoms with E-state index in [0.717, 1.165) is 73.0 Å². The Morgan fingerprint density at radius 3 is 2.69 bits per heavy atom. The summed E-state index contributed by atoms with van der Waals surface area (Å²) in [4.78, 5) is 26.5. The molecule has 166 valence electrons. The fourth-order valence-electron chi connectivity index (χ4n) is 4.43. The Bertz CT molecular complexity index is 1090. The summed E-state index contributed by atoms with van der Waals surface area (Å²) >= 11 is 1.93. The van der Waals surface area contributed by atoms with Crippen LogP contribution in [0, 0.1) is 12.8 Å². The first-order valence-electron chi connectivity index (χ1n) is 11.2. The quantitative estimate of drug-likeness (QED) is 0.598. The normalized spacial score (nSPS) is 17.5. The Hall–Kier alpha value is -2.87. The molecule has 0 aliphatic carbocycles. The van der Waals surface area contributed by atoms with E-state index in [1.54, 1.807) is 6.20 Å². The average molecular weight is 450 g/mol. The highest BCUT2D eigenvalue weighted by Crippen LogP contribution is 2.32. The molecule has 7 nitrogen and oxygen atoms in total. The monoisotopic (exact) mass is 449 g/mol. The summed E-state index contributed by atoms with van der Waals surface area (Å²) in [6.45, 7) is 5.40. The van der Waals surface area contributed by atoms with E-state index in [1.165, 1.54) is 0 Å². The van der Waals surface area contributed by atoms with E-state index >= 15 is 0 Å². The lowest BCUT2D eigenvalue weighted by Crippen LogP contribution is -2.45. The van der Waals surface area contributed by atoms with E-state index in [-0.39, 0.29) is 5.92 Å². The van der Waals surface area contributed by atoms with Gasteiger partial charge in [0.2, 0.25) is 11.7 Å². The number of hydrogen-bond donors (Lipinski definition) is 0. The van der Waals surface area contributed by atoms with Gasteiger partial charge in [-0.05, 0) is 38.0 Å². The molecule has 32 heavy (non-hydrogen) atoms. The molecular formula is C24H27N5O2S. The predicted molar refractivity (Wildman–Crippen MR) is 127 cm³/mol. The van der Waals surface area contributed by atoms with E-state index in [0.29, 0.717) is 17.6 Å². The van der Waals surface area contributed by atoms with Crippen LogP contribution in [0.15, 0.2) is 47.1 Å². The number of anilines is 1. The summed E-state index contributed by atoms with van der Waals surface area (Å²) in [7, 11) is 0. The molecule has 1 aromatic carbocycles. The van der Waals surface area contributed by atoms with Crippen LogP contribution in [0.1, 0.15) is 18.4 Å². The first-order valence-corrected chi connectivity index (χ1v) is 12.3. The minimum absolute atomic E-state index is 0.109. The molecule has 2 aromatic heterocycles. The number of aromatic nitrogens is 3. The van der Waals surface area contributed by atoms with E-state index in [1.807, 2.05) is 60.0 Å². The second-order valence-electron chi connectivity index (χ2n) is 8.37. The first-order chi connectivity index (χ1) is 15.7. The molecule has 3 aromatic rings. The number of hydrogen-bond acceptors (Lipinski definition) is 7. The highest BCUT2D eigenvalue weighted by atomic mass is 32.2. The lowest BCUT2D eigenvalue weighted by atomic mass is 9.95. The fraction of sp³-hybridized carbons (Fsp3) is 0.417. The van der Waals surface area contributed by atoms with Gasteiger partial charge in [-0.25, -0.2) is 4.98 Å². The van der Waals surface area contributed by atoms with E-state index in [4.69, 9.17) is 4.52 Å². The van der Waals surface area contributed by atoms with Crippen molar-refractivity contribution in [2.75, 3.05) is 42.6 Å². The van der Waals surface area contributed by atoms with Crippen molar-refractivity contribution in [1.82, 2.24) is 20.0 Å². The van der Waals surface area contributed by atoms with Gasteiger partial charge < -0.3 is 14.3 Å². The molecule has 0 atom stereocenters.